The van der Waals surface area contributed by atoms with E-state index in [9.17, 15) is 30.8 Å². The monoisotopic (exact) mass is 710 g/mol. The van der Waals surface area contributed by atoms with Crippen LogP contribution in [0.15, 0.2) is 83.8 Å². The number of nitrogens with zero attached hydrogens (tertiary/aromatic N) is 5. The van der Waals surface area contributed by atoms with Gasteiger partial charge in [0.25, 0.3) is 0 Å². The molecule has 9 nitrogen and oxygen atoms in total. The highest BCUT2D eigenvalue weighted by atomic mass is 32.2. The van der Waals surface area contributed by atoms with E-state index in [2.05, 4.69) is 15.3 Å². The summed E-state index contributed by atoms with van der Waals surface area (Å²) in [6.45, 7) is 4.06. The third-order valence-electron chi connectivity index (χ3n) is 9.05. The third-order valence-corrected chi connectivity index (χ3v) is 11.0. The highest BCUT2D eigenvalue weighted by molar-refractivity contribution is 7.89. The lowest BCUT2D eigenvalue weighted by molar-refractivity contribution is -0.137. The van der Waals surface area contributed by atoms with Crippen LogP contribution in [-0.2, 0) is 34.0 Å². The van der Waals surface area contributed by atoms with Gasteiger partial charge in [-0.15, -0.1) is 0 Å². The van der Waals surface area contributed by atoms with E-state index < -0.39 is 33.7 Å². The predicted octanol–water partition coefficient (Wildman–Crippen LogP) is 6.05. The number of benzene rings is 3. The first-order valence-corrected chi connectivity index (χ1v) is 18.1. The van der Waals surface area contributed by atoms with Crippen molar-refractivity contribution in [2.75, 3.05) is 42.5 Å². The molecule has 1 N–H and O–H groups in total. The molecule has 0 radical (unpaired) electrons. The van der Waals surface area contributed by atoms with E-state index in [1.54, 1.807) is 48.5 Å². The molecule has 14 heteroatoms. The highest BCUT2D eigenvalue weighted by Crippen LogP contribution is 2.32. The number of carbonyl (C=O) groups is 1. The molecule has 6 rings (SSSR count). The molecule has 0 bridgehead atoms. The maximum Gasteiger partial charge on any atom is 0.416 e. The summed E-state index contributed by atoms with van der Waals surface area (Å²) in [5.74, 6) is -0.474. The summed E-state index contributed by atoms with van der Waals surface area (Å²) in [6, 6.07) is 18.6. The van der Waals surface area contributed by atoms with Crippen LogP contribution < -0.4 is 15.1 Å². The van der Waals surface area contributed by atoms with E-state index in [1.165, 1.54) is 22.5 Å². The molecule has 264 valence electrons. The Kier molecular flexibility index (Phi) is 10.4. The molecular weight excluding hydrogens is 672 g/mol. The molecule has 0 aliphatic carbocycles. The second-order valence-corrected chi connectivity index (χ2v) is 14.3. The summed E-state index contributed by atoms with van der Waals surface area (Å²) in [7, 11) is -3.92. The number of hydrogen-bond donors (Lipinski definition) is 1. The van der Waals surface area contributed by atoms with Gasteiger partial charge in [-0.05, 0) is 67.3 Å². The number of alkyl halides is 3. The van der Waals surface area contributed by atoms with E-state index in [0.717, 1.165) is 30.5 Å². The number of para-hydroxylation sites is 1. The molecule has 0 spiro atoms. The Morgan fingerprint density at radius 2 is 1.58 bits per heavy atom. The Morgan fingerprint density at radius 1 is 0.900 bits per heavy atom. The second kappa shape index (κ2) is 14.7. The fourth-order valence-electron chi connectivity index (χ4n) is 6.39. The van der Waals surface area contributed by atoms with E-state index in [4.69, 9.17) is 0 Å². The van der Waals surface area contributed by atoms with Gasteiger partial charge in [-0.25, -0.2) is 22.8 Å². The van der Waals surface area contributed by atoms with Gasteiger partial charge in [0.1, 0.15) is 11.9 Å². The average molecular weight is 711 g/mol. The number of aromatic nitrogens is 2. The van der Waals surface area contributed by atoms with Crippen LogP contribution in [0.3, 0.4) is 0 Å². The zero-order chi connectivity index (χ0) is 35.5. The lowest BCUT2D eigenvalue weighted by Crippen LogP contribution is -2.47. The van der Waals surface area contributed by atoms with Crippen molar-refractivity contribution in [1.29, 1.82) is 0 Å². The van der Waals surface area contributed by atoms with Crippen LogP contribution in [-0.4, -0.2) is 67.4 Å². The van der Waals surface area contributed by atoms with E-state index in [1.807, 2.05) is 16.7 Å². The van der Waals surface area contributed by atoms with Crippen LogP contribution in [0.25, 0.3) is 11.3 Å². The molecule has 3 heterocycles. The van der Waals surface area contributed by atoms with Crippen molar-refractivity contribution in [3.8, 4) is 11.3 Å². The van der Waals surface area contributed by atoms with Crippen molar-refractivity contribution in [1.82, 2.24) is 19.6 Å². The van der Waals surface area contributed by atoms with Crippen LogP contribution in [0, 0.1) is 5.82 Å². The molecular formula is C36H38F4N6O3S. The van der Waals surface area contributed by atoms with Crippen molar-refractivity contribution in [3.05, 3.63) is 102 Å². The Morgan fingerprint density at radius 3 is 2.24 bits per heavy atom. The fourth-order valence-corrected chi connectivity index (χ4v) is 8.04. The van der Waals surface area contributed by atoms with Crippen LogP contribution in [0.2, 0.25) is 0 Å². The van der Waals surface area contributed by atoms with Crippen LogP contribution >= 0.6 is 0 Å². The molecule has 1 amide bonds. The number of anilines is 2. The average Bonchev–Trinajstić information content (AvgIpc) is 3.63. The molecule has 1 atom stereocenters. The molecule has 50 heavy (non-hydrogen) atoms. The van der Waals surface area contributed by atoms with Crippen molar-refractivity contribution in [3.63, 3.8) is 0 Å². The molecule has 0 saturated carbocycles. The second-order valence-electron chi connectivity index (χ2n) is 12.4. The molecule has 2 aliphatic rings. The van der Waals surface area contributed by atoms with Gasteiger partial charge in [-0.1, -0.05) is 49.7 Å². The van der Waals surface area contributed by atoms with Gasteiger partial charge in [0, 0.05) is 38.3 Å². The summed E-state index contributed by atoms with van der Waals surface area (Å²) in [6.07, 6.45) is -1.84. The van der Waals surface area contributed by atoms with E-state index in [0.29, 0.717) is 67.6 Å². The van der Waals surface area contributed by atoms with Crippen LogP contribution in [0.4, 0.5) is 29.2 Å². The topological polar surface area (TPSA) is 98.7 Å². The Hall–Kier alpha value is -4.56. The number of halogens is 4. The van der Waals surface area contributed by atoms with Crippen molar-refractivity contribution >= 4 is 27.6 Å². The van der Waals surface area contributed by atoms with Gasteiger partial charge < -0.3 is 15.1 Å². The number of aryl methyl sites for hydroxylation is 1. The molecule has 3 aromatic carbocycles. The largest absolute Gasteiger partial charge is 0.416 e. The molecule has 2 saturated heterocycles. The summed E-state index contributed by atoms with van der Waals surface area (Å²) in [5, 5.41) is 2.84. The van der Waals surface area contributed by atoms with Crippen molar-refractivity contribution in [2.24, 2.45) is 0 Å². The smallest absolute Gasteiger partial charge is 0.366 e. The maximum atomic E-state index is 14.4. The molecule has 2 fully saturated rings. The van der Waals surface area contributed by atoms with Gasteiger partial charge in [0.05, 0.1) is 34.1 Å². The van der Waals surface area contributed by atoms with Gasteiger partial charge in [-0.3, -0.25) is 4.79 Å². The van der Waals surface area contributed by atoms with Crippen molar-refractivity contribution < 1.29 is 30.8 Å². The quantitative estimate of drug-likeness (QED) is 0.200. The summed E-state index contributed by atoms with van der Waals surface area (Å²) in [5.41, 5.74) is 1.92. The molecule has 0 unspecified atom stereocenters. The number of piperazine rings is 1. The minimum atomic E-state index is -4.50. The Labute approximate surface area is 289 Å². The number of nitrogens with one attached hydrogen (secondary N) is 1. The summed E-state index contributed by atoms with van der Waals surface area (Å²) < 4.78 is 82.6. The van der Waals surface area contributed by atoms with Gasteiger partial charge in [0.2, 0.25) is 21.9 Å². The first-order valence-electron chi connectivity index (χ1n) is 16.6. The summed E-state index contributed by atoms with van der Waals surface area (Å²) >= 11 is 0. The first kappa shape index (κ1) is 35.3. The highest BCUT2D eigenvalue weighted by Gasteiger charge is 2.39. The molecule has 4 aromatic rings. The number of amides is 1. The summed E-state index contributed by atoms with van der Waals surface area (Å²) in [4.78, 5) is 26.8. The zero-order valence-electron chi connectivity index (χ0n) is 27.5. The lowest BCUT2D eigenvalue weighted by Gasteiger charge is -2.36. The Bertz CT molecular complexity index is 1920. The fraction of sp³-hybridized carbons (Fsp3) is 0.361. The standard InChI is InChI=1S/C36H38F4N6O3S/c1-2-6-25-10-16-29(17-11-25)50(48,49)46-18-5-9-33(46)34(47)41-24-28-23-31(26-12-14-27(15-13-26)36(38,39)40)43-35(42-28)45-21-19-44(20-22-45)32-8-4-3-7-30(32)37/h3-4,7-8,10-17,23,33H,2,5-6,9,18-22,24H2,1H3,(H,41,47)/t33-/m0/s1. The third kappa shape index (κ3) is 7.76. The molecule has 2 aliphatic heterocycles. The molecule has 1 aromatic heterocycles. The Balaban J connectivity index is 1.21. The first-order chi connectivity index (χ1) is 23.9. The van der Waals surface area contributed by atoms with Gasteiger partial charge in [0.15, 0.2) is 0 Å². The van der Waals surface area contributed by atoms with E-state index >= 15 is 0 Å². The SMILES string of the molecule is CCCc1ccc(S(=O)(=O)N2CCC[C@H]2C(=O)NCc2cc(-c3ccc(C(F)(F)F)cc3)nc(N3CCN(c4ccccc4F)CC3)n2)cc1. The lowest BCUT2D eigenvalue weighted by atomic mass is 10.1. The number of carbonyl (C=O) groups excluding carboxylic acids is 1. The maximum absolute atomic E-state index is 14.4. The number of hydrogen-bond acceptors (Lipinski definition) is 7. The van der Waals surface area contributed by atoms with Crippen molar-refractivity contribution in [2.45, 2.75) is 56.3 Å². The zero-order valence-corrected chi connectivity index (χ0v) is 28.4. The van der Waals surface area contributed by atoms with Crippen LogP contribution in [0.5, 0.6) is 0 Å². The minimum absolute atomic E-state index is 0.0622. The minimum Gasteiger partial charge on any atom is -0.366 e. The normalized spacial score (nSPS) is 17.3. The van der Waals surface area contributed by atoms with E-state index in [-0.39, 0.29) is 23.8 Å². The number of rotatable bonds is 10. The number of sulfonamides is 1. The van der Waals surface area contributed by atoms with Crippen LogP contribution in [0.1, 0.15) is 43.0 Å². The predicted molar refractivity (Wildman–Crippen MR) is 182 cm³/mol. The van der Waals surface area contributed by atoms with Gasteiger partial charge >= 0.3 is 6.18 Å². The van der Waals surface area contributed by atoms with Gasteiger partial charge in [-0.2, -0.15) is 17.5 Å².